The fourth-order valence-corrected chi connectivity index (χ4v) is 3.81. The molecule has 0 atom stereocenters. The fourth-order valence-electron chi connectivity index (χ4n) is 3.48. The normalized spacial score (nSPS) is 15.4. The number of halogens is 2. The summed E-state index contributed by atoms with van der Waals surface area (Å²) in [6, 6.07) is 14.7. The van der Waals surface area contributed by atoms with Gasteiger partial charge in [0.15, 0.2) is 0 Å². The monoisotopic (exact) mass is 429 g/mol. The molecular weight excluding hydrogens is 409 g/mol. The molecule has 150 valence electrons. The fraction of sp³-hybridized carbons (Fsp3) is 0.273. The van der Waals surface area contributed by atoms with E-state index in [-0.39, 0.29) is 12.0 Å². The highest BCUT2D eigenvalue weighted by molar-refractivity contribution is 6.35. The molecule has 2 heterocycles. The number of fused-ring (bicyclic) bond motifs is 1. The zero-order chi connectivity index (χ0) is 20.2. The molecule has 0 spiro atoms. The molecule has 1 aliphatic rings. The number of amides is 1. The molecule has 2 aromatic carbocycles. The number of rotatable bonds is 5. The Morgan fingerprint density at radius 1 is 1.10 bits per heavy atom. The Balaban J connectivity index is 1.27. The summed E-state index contributed by atoms with van der Waals surface area (Å²) < 4.78 is 6.15. The lowest BCUT2D eigenvalue weighted by Gasteiger charge is -2.31. The summed E-state index contributed by atoms with van der Waals surface area (Å²) in [5, 5.41) is 5.11. The Kier molecular flexibility index (Phi) is 6.19. The molecule has 1 N–H and O–H groups in total. The van der Waals surface area contributed by atoms with E-state index in [0.29, 0.717) is 16.6 Å². The largest absolute Gasteiger partial charge is 0.490 e. The van der Waals surface area contributed by atoms with Crippen LogP contribution in [0.4, 0.5) is 5.69 Å². The van der Waals surface area contributed by atoms with Gasteiger partial charge >= 0.3 is 0 Å². The molecule has 1 fully saturated rings. The topological polar surface area (TPSA) is 54.5 Å². The minimum atomic E-state index is -0.0247. The number of hydrogen-bond donors (Lipinski definition) is 1. The molecule has 4 rings (SSSR count). The highest BCUT2D eigenvalue weighted by Crippen LogP contribution is 2.27. The van der Waals surface area contributed by atoms with Crippen molar-refractivity contribution in [2.45, 2.75) is 18.9 Å². The van der Waals surface area contributed by atoms with Crippen LogP contribution in [-0.4, -0.2) is 41.5 Å². The highest BCUT2D eigenvalue weighted by Gasteiger charge is 2.22. The van der Waals surface area contributed by atoms with E-state index in [0.717, 1.165) is 48.3 Å². The number of carbonyl (C=O) groups is 1. The van der Waals surface area contributed by atoms with Gasteiger partial charge in [-0.25, -0.2) is 0 Å². The van der Waals surface area contributed by atoms with Gasteiger partial charge in [0, 0.05) is 35.4 Å². The molecule has 29 heavy (non-hydrogen) atoms. The highest BCUT2D eigenvalue weighted by atomic mass is 35.5. The molecule has 0 radical (unpaired) electrons. The van der Waals surface area contributed by atoms with E-state index in [9.17, 15) is 4.79 Å². The van der Waals surface area contributed by atoms with E-state index in [1.807, 2.05) is 18.2 Å². The number of hydrogen-bond acceptors (Lipinski definition) is 4. The third-order valence-corrected chi connectivity index (χ3v) is 5.57. The lowest BCUT2D eigenvalue weighted by molar-refractivity contribution is -0.117. The van der Waals surface area contributed by atoms with Crippen molar-refractivity contribution in [2.75, 3.05) is 25.0 Å². The van der Waals surface area contributed by atoms with Crippen LogP contribution >= 0.6 is 23.2 Å². The molecule has 5 nitrogen and oxygen atoms in total. The van der Waals surface area contributed by atoms with Gasteiger partial charge < -0.3 is 10.1 Å². The Bertz CT molecular complexity index is 1000. The summed E-state index contributed by atoms with van der Waals surface area (Å²) in [6.07, 6.45) is 3.56. The van der Waals surface area contributed by atoms with Crippen molar-refractivity contribution in [3.05, 3.63) is 64.8 Å². The van der Waals surface area contributed by atoms with E-state index in [1.54, 1.807) is 36.5 Å². The number of likely N-dealkylation sites (tertiary alicyclic amines) is 1. The van der Waals surface area contributed by atoms with E-state index >= 15 is 0 Å². The lowest BCUT2D eigenvalue weighted by Crippen LogP contribution is -2.42. The van der Waals surface area contributed by atoms with Gasteiger partial charge in [-0.15, -0.1) is 0 Å². The first-order chi connectivity index (χ1) is 14.1. The molecule has 0 aliphatic carbocycles. The molecule has 1 saturated heterocycles. The third kappa shape index (κ3) is 5.18. The van der Waals surface area contributed by atoms with Gasteiger partial charge in [0.2, 0.25) is 5.91 Å². The number of ether oxygens (including phenoxy) is 1. The summed E-state index contributed by atoms with van der Waals surface area (Å²) in [5.74, 6) is 0.773. The van der Waals surface area contributed by atoms with Crippen LogP contribution in [0.25, 0.3) is 10.9 Å². The molecule has 7 heteroatoms. The molecule has 1 amide bonds. The van der Waals surface area contributed by atoms with Crippen molar-refractivity contribution >= 4 is 45.7 Å². The van der Waals surface area contributed by atoms with Crippen LogP contribution in [-0.2, 0) is 4.79 Å². The van der Waals surface area contributed by atoms with Gasteiger partial charge in [-0.05, 0) is 61.4 Å². The minimum Gasteiger partial charge on any atom is -0.490 e. The maximum Gasteiger partial charge on any atom is 0.238 e. The van der Waals surface area contributed by atoms with Crippen molar-refractivity contribution in [2.24, 2.45) is 0 Å². The maximum absolute atomic E-state index is 12.3. The number of anilines is 1. The second-order valence-electron chi connectivity index (χ2n) is 7.12. The van der Waals surface area contributed by atoms with Crippen LogP contribution in [0.15, 0.2) is 54.7 Å². The molecule has 1 aromatic heterocycles. The van der Waals surface area contributed by atoms with Crippen LogP contribution in [0.1, 0.15) is 12.8 Å². The van der Waals surface area contributed by atoms with Crippen LogP contribution in [0, 0.1) is 0 Å². The summed E-state index contributed by atoms with van der Waals surface area (Å²) in [5.41, 5.74) is 1.61. The maximum atomic E-state index is 12.3. The molecular formula is C22H21Cl2N3O2. The number of nitrogens with one attached hydrogen (secondary N) is 1. The van der Waals surface area contributed by atoms with Crippen molar-refractivity contribution in [3.8, 4) is 5.75 Å². The predicted molar refractivity (Wildman–Crippen MR) is 117 cm³/mol. The number of piperidine rings is 1. The first-order valence-corrected chi connectivity index (χ1v) is 10.3. The Labute approximate surface area is 179 Å². The molecule has 3 aromatic rings. The van der Waals surface area contributed by atoms with Crippen molar-refractivity contribution < 1.29 is 9.53 Å². The Hall–Kier alpha value is -2.34. The second kappa shape index (κ2) is 8.99. The van der Waals surface area contributed by atoms with E-state index < -0.39 is 0 Å². The second-order valence-corrected chi connectivity index (χ2v) is 7.96. The molecule has 0 bridgehead atoms. The number of benzene rings is 2. The first-order valence-electron chi connectivity index (χ1n) is 9.55. The van der Waals surface area contributed by atoms with Gasteiger partial charge in [0.1, 0.15) is 11.9 Å². The SMILES string of the molecule is O=C(CN1CCC(Oc2ccc3nccc(Cl)c3c2)CC1)Nc1ccc(Cl)cc1. The summed E-state index contributed by atoms with van der Waals surface area (Å²) in [7, 11) is 0. The first kappa shape index (κ1) is 20.0. The number of pyridine rings is 1. The Morgan fingerprint density at radius 2 is 1.86 bits per heavy atom. The zero-order valence-electron chi connectivity index (χ0n) is 15.8. The van der Waals surface area contributed by atoms with E-state index in [4.69, 9.17) is 27.9 Å². The minimum absolute atomic E-state index is 0.0247. The van der Waals surface area contributed by atoms with Crippen molar-refractivity contribution in [3.63, 3.8) is 0 Å². The van der Waals surface area contributed by atoms with Crippen LogP contribution in [0.2, 0.25) is 10.0 Å². The van der Waals surface area contributed by atoms with Gasteiger partial charge in [-0.1, -0.05) is 23.2 Å². The van der Waals surface area contributed by atoms with Crippen molar-refractivity contribution in [1.29, 1.82) is 0 Å². The lowest BCUT2D eigenvalue weighted by atomic mass is 10.1. The van der Waals surface area contributed by atoms with E-state index in [1.165, 1.54) is 0 Å². The average Bonchev–Trinajstić information content (AvgIpc) is 2.72. The van der Waals surface area contributed by atoms with Crippen LogP contribution < -0.4 is 10.1 Å². The molecule has 0 unspecified atom stereocenters. The van der Waals surface area contributed by atoms with Crippen molar-refractivity contribution in [1.82, 2.24) is 9.88 Å². The zero-order valence-corrected chi connectivity index (χ0v) is 17.3. The standard InChI is InChI=1S/C22H21Cl2N3O2/c23-15-1-3-16(4-2-15)26-22(28)14-27-11-8-17(9-12-27)29-18-5-6-21-19(13-18)20(24)7-10-25-21/h1-7,10,13,17H,8-9,11-12,14H2,(H,26,28). The quantitative estimate of drug-likeness (QED) is 0.618. The van der Waals surface area contributed by atoms with Gasteiger partial charge in [-0.2, -0.15) is 0 Å². The average molecular weight is 430 g/mol. The number of carbonyl (C=O) groups excluding carboxylic acids is 1. The Morgan fingerprint density at radius 3 is 2.62 bits per heavy atom. The summed E-state index contributed by atoms with van der Waals surface area (Å²) >= 11 is 12.1. The predicted octanol–water partition coefficient (Wildman–Crippen LogP) is 5.02. The third-order valence-electron chi connectivity index (χ3n) is 4.99. The smallest absolute Gasteiger partial charge is 0.238 e. The molecule has 1 aliphatic heterocycles. The van der Waals surface area contributed by atoms with E-state index in [2.05, 4.69) is 15.2 Å². The van der Waals surface area contributed by atoms with Gasteiger partial charge in [0.25, 0.3) is 0 Å². The number of aromatic nitrogens is 1. The molecule has 0 saturated carbocycles. The number of nitrogens with zero attached hydrogens (tertiary/aromatic N) is 2. The van der Waals surface area contributed by atoms with Gasteiger partial charge in [0.05, 0.1) is 17.1 Å². The summed E-state index contributed by atoms with van der Waals surface area (Å²) in [6.45, 7) is 2.00. The summed E-state index contributed by atoms with van der Waals surface area (Å²) in [4.78, 5) is 18.7. The van der Waals surface area contributed by atoms with Crippen LogP contribution in [0.5, 0.6) is 5.75 Å². The van der Waals surface area contributed by atoms with Crippen LogP contribution in [0.3, 0.4) is 0 Å². The van der Waals surface area contributed by atoms with Gasteiger partial charge in [-0.3, -0.25) is 14.7 Å².